The first-order chi connectivity index (χ1) is 14.5. The van der Waals surface area contributed by atoms with Gasteiger partial charge in [0.15, 0.2) is 16.8 Å². The molecule has 158 valence electrons. The van der Waals surface area contributed by atoms with E-state index in [-0.39, 0.29) is 24.6 Å². The van der Waals surface area contributed by atoms with Gasteiger partial charge in [0.2, 0.25) is 0 Å². The topological polar surface area (TPSA) is 106 Å². The highest BCUT2D eigenvalue weighted by Crippen LogP contribution is 2.32. The van der Waals surface area contributed by atoms with E-state index >= 15 is 0 Å². The number of fused-ring (bicyclic) bond motifs is 1. The molecule has 0 aliphatic carbocycles. The number of nitrogens with zero attached hydrogens (tertiary/aromatic N) is 1. The molecule has 1 amide bonds. The van der Waals surface area contributed by atoms with Crippen LogP contribution in [0.1, 0.15) is 22.8 Å². The van der Waals surface area contributed by atoms with Gasteiger partial charge in [0.05, 0.1) is 19.3 Å². The summed E-state index contributed by atoms with van der Waals surface area (Å²) in [6.45, 7) is 4.21. The summed E-state index contributed by atoms with van der Waals surface area (Å²) in [5, 5.41) is 15.2. The Morgan fingerprint density at radius 1 is 1.27 bits per heavy atom. The Balaban J connectivity index is 1.79. The Morgan fingerprint density at radius 3 is 2.73 bits per heavy atom. The minimum Gasteiger partial charge on any atom is -0.489 e. The van der Waals surface area contributed by atoms with Gasteiger partial charge in [-0.05, 0) is 37.9 Å². The lowest BCUT2D eigenvalue weighted by molar-refractivity contribution is 0.0936. The van der Waals surface area contributed by atoms with Gasteiger partial charge in [-0.1, -0.05) is 30.3 Å². The molecule has 0 spiro atoms. The Morgan fingerprint density at radius 2 is 2.03 bits per heavy atom. The maximum atomic E-state index is 13.0. The second-order valence-corrected chi connectivity index (χ2v) is 7.02. The Bertz CT molecular complexity index is 977. The molecule has 0 radical (unpaired) electrons. The molecule has 1 aromatic heterocycles. The number of methoxy groups -OCH3 is 1. The van der Waals surface area contributed by atoms with Crippen molar-refractivity contribution < 1.29 is 23.7 Å². The average Bonchev–Trinajstić information content (AvgIpc) is 3.15. The smallest absolute Gasteiger partial charge is 0.394 e. The van der Waals surface area contributed by atoms with Gasteiger partial charge in [-0.2, -0.15) is 4.98 Å². The zero-order chi connectivity index (χ0) is 21.5. The van der Waals surface area contributed by atoms with E-state index in [1.54, 1.807) is 19.0 Å². The van der Waals surface area contributed by atoms with E-state index in [0.717, 1.165) is 5.56 Å². The molecule has 1 atom stereocenters. The highest BCUT2D eigenvalue weighted by Gasteiger charge is 2.21. The van der Waals surface area contributed by atoms with Crippen molar-refractivity contribution in [1.82, 2.24) is 15.5 Å². The SMILES string of the molecule is COc1nc2c(OCCNB(C)O)c(C(=O)NC(C)Cc3ccccc3)ccc2o1. The van der Waals surface area contributed by atoms with E-state index in [1.807, 2.05) is 37.3 Å². The van der Waals surface area contributed by atoms with E-state index in [0.29, 0.717) is 35.4 Å². The standard InChI is InChI=1S/C21H26BN3O5/c1-14(13-15-7-5-4-6-8-15)24-20(26)16-9-10-17-18(25-21(28-3)30-17)19(16)29-12-11-23-22(2)27/h4-10,14,23,27H,11-13H2,1-3H3,(H,24,26). The molecule has 0 bridgehead atoms. The number of benzene rings is 2. The highest BCUT2D eigenvalue weighted by molar-refractivity contribution is 6.45. The third-order valence-electron chi connectivity index (χ3n) is 4.46. The van der Waals surface area contributed by atoms with E-state index < -0.39 is 7.05 Å². The van der Waals surface area contributed by atoms with Crippen LogP contribution in [-0.2, 0) is 6.42 Å². The largest absolute Gasteiger partial charge is 0.489 e. The maximum absolute atomic E-state index is 13.0. The lowest BCUT2D eigenvalue weighted by atomic mass is 9.89. The summed E-state index contributed by atoms with van der Waals surface area (Å²) in [7, 11) is 0.801. The average molecular weight is 411 g/mol. The summed E-state index contributed by atoms with van der Waals surface area (Å²) in [5.41, 5.74) is 2.37. The van der Waals surface area contributed by atoms with E-state index in [2.05, 4.69) is 15.5 Å². The number of nitrogens with one attached hydrogen (secondary N) is 2. The molecule has 30 heavy (non-hydrogen) atoms. The van der Waals surface area contributed by atoms with E-state index in [9.17, 15) is 9.82 Å². The normalized spacial score (nSPS) is 11.9. The van der Waals surface area contributed by atoms with Crippen molar-refractivity contribution in [2.24, 2.45) is 0 Å². The minimum atomic E-state index is -0.654. The van der Waals surface area contributed by atoms with Crippen LogP contribution < -0.4 is 20.0 Å². The van der Waals surface area contributed by atoms with Crippen LogP contribution in [0.5, 0.6) is 11.8 Å². The summed E-state index contributed by atoms with van der Waals surface area (Å²) in [6.07, 6.45) is 0.799. The first-order valence-corrected chi connectivity index (χ1v) is 9.84. The van der Waals surface area contributed by atoms with Crippen LogP contribution in [0.2, 0.25) is 6.82 Å². The third-order valence-corrected chi connectivity index (χ3v) is 4.46. The van der Waals surface area contributed by atoms with Gasteiger partial charge in [0.25, 0.3) is 5.91 Å². The van der Waals surface area contributed by atoms with Crippen molar-refractivity contribution in [1.29, 1.82) is 0 Å². The molecule has 2 aromatic carbocycles. The molecule has 8 nitrogen and oxygen atoms in total. The molecule has 9 heteroatoms. The summed E-state index contributed by atoms with van der Waals surface area (Å²) in [6, 6.07) is 13.2. The van der Waals surface area contributed by atoms with Crippen molar-refractivity contribution in [2.45, 2.75) is 26.2 Å². The van der Waals surface area contributed by atoms with Gasteiger partial charge in [-0.3, -0.25) is 4.79 Å². The molecule has 3 N–H and O–H groups in total. The number of rotatable bonds is 10. The van der Waals surface area contributed by atoms with Gasteiger partial charge in [-0.25, -0.2) is 0 Å². The highest BCUT2D eigenvalue weighted by atomic mass is 16.6. The van der Waals surface area contributed by atoms with E-state index in [4.69, 9.17) is 13.9 Å². The fourth-order valence-electron chi connectivity index (χ4n) is 3.10. The zero-order valence-corrected chi connectivity index (χ0v) is 17.3. The number of amides is 1. The number of oxazole rings is 1. The molecule has 3 aromatic rings. The minimum absolute atomic E-state index is 0.0767. The molecule has 0 fully saturated rings. The van der Waals surface area contributed by atoms with Crippen molar-refractivity contribution in [2.75, 3.05) is 20.3 Å². The molecule has 1 heterocycles. The molecular weight excluding hydrogens is 385 g/mol. The number of aromatic nitrogens is 1. The van der Waals surface area contributed by atoms with Gasteiger partial charge in [0.1, 0.15) is 0 Å². The molecule has 0 aliphatic rings. The van der Waals surface area contributed by atoms with Crippen molar-refractivity contribution >= 4 is 24.1 Å². The van der Waals surface area contributed by atoms with Crippen LogP contribution in [0.25, 0.3) is 11.1 Å². The molecule has 0 saturated heterocycles. The summed E-state index contributed by atoms with van der Waals surface area (Å²) < 4.78 is 16.4. The number of hydrogen-bond donors (Lipinski definition) is 3. The second-order valence-electron chi connectivity index (χ2n) is 7.02. The monoisotopic (exact) mass is 411 g/mol. The lowest BCUT2D eigenvalue weighted by Gasteiger charge is -2.16. The fourth-order valence-corrected chi connectivity index (χ4v) is 3.10. The van der Waals surface area contributed by atoms with Crippen LogP contribution in [0.3, 0.4) is 0 Å². The summed E-state index contributed by atoms with van der Waals surface area (Å²) in [5.74, 6) is 0.0529. The van der Waals surface area contributed by atoms with Crippen LogP contribution in [0.15, 0.2) is 46.9 Å². The van der Waals surface area contributed by atoms with Gasteiger partial charge in [0, 0.05) is 12.6 Å². The number of ether oxygens (including phenoxy) is 2. The molecule has 3 rings (SSSR count). The third kappa shape index (κ3) is 5.52. The van der Waals surface area contributed by atoms with Crippen LogP contribution in [0, 0.1) is 0 Å². The first-order valence-electron chi connectivity index (χ1n) is 9.84. The van der Waals surface area contributed by atoms with Crippen molar-refractivity contribution in [3.8, 4) is 11.8 Å². The molecule has 1 unspecified atom stereocenters. The number of carbonyl (C=O) groups excluding carboxylic acids is 1. The number of carbonyl (C=O) groups is 1. The lowest BCUT2D eigenvalue weighted by Crippen LogP contribution is -2.35. The maximum Gasteiger partial charge on any atom is 0.394 e. The van der Waals surface area contributed by atoms with Crippen LogP contribution >= 0.6 is 0 Å². The van der Waals surface area contributed by atoms with E-state index in [1.165, 1.54) is 7.11 Å². The second kappa shape index (κ2) is 10.1. The van der Waals surface area contributed by atoms with Crippen molar-refractivity contribution in [3.05, 3.63) is 53.6 Å². The van der Waals surface area contributed by atoms with Crippen molar-refractivity contribution in [3.63, 3.8) is 0 Å². The van der Waals surface area contributed by atoms with Gasteiger partial charge in [-0.15, -0.1) is 0 Å². The quantitative estimate of drug-likeness (QED) is 0.347. The Labute approximate surface area is 175 Å². The predicted molar refractivity (Wildman–Crippen MR) is 115 cm³/mol. The molecular formula is C21H26BN3O5. The van der Waals surface area contributed by atoms with Gasteiger partial charge >= 0.3 is 13.1 Å². The first kappa shape index (κ1) is 21.7. The summed E-state index contributed by atoms with van der Waals surface area (Å²) >= 11 is 0. The molecule has 0 saturated carbocycles. The summed E-state index contributed by atoms with van der Waals surface area (Å²) in [4.78, 5) is 17.3. The van der Waals surface area contributed by atoms with Crippen LogP contribution in [-0.4, -0.2) is 49.3 Å². The van der Waals surface area contributed by atoms with Crippen LogP contribution in [0.4, 0.5) is 0 Å². The zero-order valence-electron chi connectivity index (χ0n) is 17.3. The Kier molecular flexibility index (Phi) is 7.32. The Hall–Kier alpha value is -3.04. The predicted octanol–water partition coefficient (Wildman–Crippen LogP) is 2.28. The number of hydrogen-bond acceptors (Lipinski definition) is 7. The van der Waals surface area contributed by atoms with Gasteiger partial charge < -0.3 is 29.5 Å². The fraction of sp³-hybridized carbons (Fsp3) is 0.333. The molecule has 0 aliphatic heterocycles.